The van der Waals surface area contributed by atoms with Crippen molar-refractivity contribution in [3.63, 3.8) is 0 Å². The van der Waals surface area contributed by atoms with Crippen LogP contribution in [0.25, 0.3) is 6.08 Å². The summed E-state index contributed by atoms with van der Waals surface area (Å²) >= 11 is 1.71. The lowest BCUT2D eigenvalue weighted by Gasteiger charge is -2.19. The van der Waals surface area contributed by atoms with Crippen LogP contribution in [0.15, 0.2) is 12.1 Å². The highest BCUT2D eigenvalue weighted by molar-refractivity contribution is 7.27. The van der Waals surface area contributed by atoms with Crippen LogP contribution in [0.5, 0.6) is 0 Å². The van der Waals surface area contributed by atoms with Gasteiger partial charge in [0.1, 0.15) is 0 Å². The molecular weight excluding hydrogens is 292 g/mol. The molecule has 0 aromatic carbocycles. The van der Waals surface area contributed by atoms with E-state index in [1.165, 1.54) is 17.7 Å². The minimum absolute atomic E-state index is 0.256. The van der Waals surface area contributed by atoms with Crippen LogP contribution in [0.4, 0.5) is 0 Å². The Morgan fingerprint density at radius 3 is 2.60 bits per heavy atom. The van der Waals surface area contributed by atoms with E-state index in [1.807, 2.05) is 0 Å². The smallest absolute Gasteiger partial charge is 0.330 e. The van der Waals surface area contributed by atoms with Crippen molar-refractivity contribution in [2.75, 3.05) is 20.3 Å². The predicted molar refractivity (Wildman–Crippen MR) is 83.0 cm³/mol. The molecule has 1 aliphatic rings. The van der Waals surface area contributed by atoms with E-state index in [9.17, 15) is 4.79 Å². The Morgan fingerprint density at radius 1 is 1.40 bits per heavy atom. The first-order chi connectivity index (χ1) is 9.41. The van der Waals surface area contributed by atoms with E-state index < -0.39 is 8.07 Å². The summed E-state index contributed by atoms with van der Waals surface area (Å²) in [5, 5.41) is 0. The monoisotopic (exact) mass is 312 g/mol. The zero-order chi connectivity index (χ0) is 14.8. The molecule has 6 heteroatoms. The summed E-state index contributed by atoms with van der Waals surface area (Å²) < 4.78 is 17.2. The normalized spacial score (nSPS) is 17.0. The van der Waals surface area contributed by atoms with Crippen molar-refractivity contribution in [1.82, 2.24) is 0 Å². The molecule has 2 rings (SSSR count). The van der Waals surface area contributed by atoms with E-state index >= 15 is 0 Å². The van der Waals surface area contributed by atoms with Crippen molar-refractivity contribution in [2.45, 2.75) is 25.9 Å². The molecule has 1 aromatic rings. The topological polar surface area (TPSA) is 44.8 Å². The second-order valence-corrected chi connectivity index (χ2v) is 12.1. The summed E-state index contributed by atoms with van der Waals surface area (Å²) in [6, 6.07) is 2.06. The van der Waals surface area contributed by atoms with Gasteiger partial charge in [0.15, 0.2) is 6.29 Å². The molecule has 1 aliphatic heterocycles. The van der Waals surface area contributed by atoms with Crippen LogP contribution in [0.2, 0.25) is 19.6 Å². The fraction of sp³-hybridized carbons (Fsp3) is 0.500. The Kier molecular flexibility index (Phi) is 4.80. The van der Waals surface area contributed by atoms with Gasteiger partial charge in [-0.05, 0) is 16.6 Å². The van der Waals surface area contributed by atoms with Gasteiger partial charge in [-0.15, -0.1) is 11.3 Å². The Bertz CT molecular complexity index is 510. The largest absolute Gasteiger partial charge is 0.466 e. The van der Waals surface area contributed by atoms with E-state index in [4.69, 9.17) is 9.47 Å². The van der Waals surface area contributed by atoms with Crippen molar-refractivity contribution in [3.8, 4) is 0 Å². The first kappa shape index (κ1) is 15.4. The molecule has 0 atom stereocenters. The molecule has 0 aliphatic carbocycles. The second kappa shape index (κ2) is 6.22. The average Bonchev–Trinajstić information content (AvgIpc) is 3.03. The van der Waals surface area contributed by atoms with Gasteiger partial charge in [0, 0.05) is 16.5 Å². The van der Waals surface area contributed by atoms with E-state index in [0.717, 1.165) is 10.4 Å². The van der Waals surface area contributed by atoms with Gasteiger partial charge in [-0.1, -0.05) is 19.6 Å². The average molecular weight is 312 g/mol. The Labute approximate surface area is 124 Å². The Hall–Kier alpha value is -0.953. The van der Waals surface area contributed by atoms with Crippen molar-refractivity contribution >= 4 is 36.0 Å². The highest BCUT2D eigenvalue weighted by Crippen LogP contribution is 2.29. The number of carbonyl (C=O) groups is 1. The third kappa shape index (κ3) is 3.57. The van der Waals surface area contributed by atoms with Gasteiger partial charge >= 0.3 is 5.97 Å². The lowest BCUT2D eigenvalue weighted by molar-refractivity contribution is -0.134. The lowest BCUT2D eigenvalue weighted by Crippen LogP contribution is -2.38. The van der Waals surface area contributed by atoms with Gasteiger partial charge in [-0.25, -0.2) is 4.79 Å². The number of ether oxygens (including phenoxy) is 3. The summed E-state index contributed by atoms with van der Waals surface area (Å²) in [6.45, 7) is 8.17. The van der Waals surface area contributed by atoms with Gasteiger partial charge in [-0.2, -0.15) is 0 Å². The molecule has 0 amide bonds. The standard InChI is InChI=1S/C14H20O4SSi/c1-16-12(15)6-5-10-9-11(13-17-7-8-18-13)14(19-10)20(2,3)4/h5-6,9,13H,7-8H2,1-4H3. The minimum atomic E-state index is -1.48. The maximum atomic E-state index is 11.2. The number of methoxy groups -OCH3 is 1. The fourth-order valence-electron chi connectivity index (χ4n) is 2.02. The summed E-state index contributed by atoms with van der Waals surface area (Å²) in [6.07, 6.45) is 2.98. The quantitative estimate of drug-likeness (QED) is 0.487. The minimum Gasteiger partial charge on any atom is -0.466 e. The van der Waals surface area contributed by atoms with Gasteiger partial charge in [0.25, 0.3) is 0 Å². The number of hydrogen-bond acceptors (Lipinski definition) is 5. The Balaban J connectivity index is 2.32. The highest BCUT2D eigenvalue weighted by atomic mass is 32.1. The summed E-state index contributed by atoms with van der Waals surface area (Å²) in [5.41, 5.74) is 1.12. The van der Waals surface area contributed by atoms with Gasteiger partial charge in [0.05, 0.1) is 28.4 Å². The number of carbonyl (C=O) groups excluding carboxylic acids is 1. The van der Waals surface area contributed by atoms with E-state index in [2.05, 4.69) is 30.4 Å². The number of thiophene rings is 1. The first-order valence-electron chi connectivity index (χ1n) is 6.55. The van der Waals surface area contributed by atoms with Gasteiger partial charge in [0.2, 0.25) is 0 Å². The molecule has 1 fully saturated rings. The summed E-state index contributed by atoms with van der Waals surface area (Å²) in [7, 11) is -0.105. The molecule has 110 valence electrons. The molecule has 1 aromatic heterocycles. The molecule has 0 unspecified atom stereocenters. The maximum absolute atomic E-state index is 11.2. The SMILES string of the molecule is COC(=O)C=Cc1cc(C2OCCO2)c([Si](C)(C)C)s1. The number of hydrogen-bond donors (Lipinski definition) is 0. The van der Waals surface area contributed by atoms with Crippen LogP contribution in [0.3, 0.4) is 0 Å². The van der Waals surface area contributed by atoms with E-state index in [-0.39, 0.29) is 12.3 Å². The fourth-order valence-corrected chi connectivity index (χ4v) is 5.49. The van der Waals surface area contributed by atoms with Crippen molar-refractivity contribution in [1.29, 1.82) is 0 Å². The molecule has 0 bridgehead atoms. The molecule has 1 saturated heterocycles. The van der Waals surface area contributed by atoms with E-state index in [1.54, 1.807) is 17.4 Å². The van der Waals surface area contributed by atoms with Crippen LogP contribution in [0, 0.1) is 0 Å². The summed E-state index contributed by atoms with van der Waals surface area (Å²) in [5.74, 6) is -0.345. The number of esters is 1. The van der Waals surface area contributed by atoms with Crippen LogP contribution in [-0.4, -0.2) is 34.4 Å². The van der Waals surface area contributed by atoms with E-state index in [0.29, 0.717) is 13.2 Å². The Morgan fingerprint density at radius 2 is 2.05 bits per heavy atom. The zero-order valence-corrected chi connectivity index (χ0v) is 14.1. The number of rotatable bonds is 4. The van der Waals surface area contributed by atoms with Crippen molar-refractivity contribution in [3.05, 3.63) is 22.6 Å². The molecule has 0 spiro atoms. The molecule has 0 N–H and O–H groups in total. The van der Waals surface area contributed by atoms with Crippen molar-refractivity contribution < 1.29 is 19.0 Å². The van der Waals surface area contributed by atoms with Crippen LogP contribution in [-0.2, 0) is 19.0 Å². The second-order valence-electron chi connectivity index (χ2n) is 5.61. The first-order valence-corrected chi connectivity index (χ1v) is 10.9. The third-order valence-electron chi connectivity index (χ3n) is 2.92. The third-order valence-corrected chi connectivity index (χ3v) is 7.65. The van der Waals surface area contributed by atoms with Gasteiger partial charge in [-0.3, -0.25) is 0 Å². The lowest BCUT2D eigenvalue weighted by atomic mass is 10.3. The van der Waals surface area contributed by atoms with Crippen LogP contribution >= 0.6 is 11.3 Å². The van der Waals surface area contributed by atoms with Gasteiger partial charge < -0.3 is 14.2 Å². The zero-order valence-electron chi connectivity index (χ0n) is 12.3. The summed E-state index contributed by atoms with van der Waals surface area (Å²) in [4.78, 5) is 12.2. The molecule has 2 heterocycles. The van der Waals surface area contributed by atoms with Crippen molar-refractivity contribution in [2.24, 2.45) is 0 Å². The molecule has 20 heavy (non-hydrogen) atoms. The molecule has 4 nitrogen and oxygen atoms in total. The predicted octanol–water partition coefficient (Wildman–Crippen LogP) is 2.52. The molecule has 0 radical (unpaired) electrons. The molecular formula is C14H20O4SSi. The highest BCUT2D eigenvalue weighted by Gasteiger charge is 2.30. The molecule has 0 saturated carbocycles. The maximum Gasteiger partial charge on any atom is 0.330 e. The van der Waals surface area contributed by atoms with Crippen LogP contribution in [0.1, 0.15) is 16.7 Å². The van der Waals surface area contributed by atoms with Crippen LogP contribution < -0.4 is 4.50 Å².